The van der Waals surface area contributed by atoms with Crippen molar-refractivity contribution < 1.29 is 61.5 Å². The van der Waals surface area contributed by atoms with E-state index < -0.39 is 11.9 Å². The van der Waals surface area contributed by atoms with Crippen LogP contribution < -0.4 is 10.2 Å². The molecule has 0 unspecified atom stereocenters. The first-order chi connectivity index (χ1) is 6.63. The van der Waals surface area contributed by atoms with Gasteiger partial charge in [0.25, 0.3) is 0 Å². The Morgan fingerprint density at radius 2 is 0.933 bits per heavy atom. The minimum Gasteiger partial charge on any atom is -0.550 e. The molecule has 1 radical (unpaired) electrons. The SMILES string of the molecule is O=C([O-])CCCCCCCCC(=O)[O-].[Ce+3]. The molecule has 83 valence electrons. The molecule has 0 spiro atoms. The number of rotatable bonds is 9. The topological polar surface area (TPSA) is 80.3 Å². The van der Waals surface area contributed by atoms with Crippen LogP contribution in [0.4, 0.5) is 0 Å². The van der Waals surface area contributed by atoms with Crippen molar-refractivity contribution in [1.82, 2.24) is 0 Å². The number of carboxylic acids is 2. The van der Waals surface area contributed by atoms with E-state index in [1.165, 1.54) is 0 Å². The molecular formula is C10H16CeO4+. The third-order valence-electron chi connectivity index (χ3n) is 2.01. The Morgan fingerprint density at radius 3 is 1.20 bits per heavy atom. The Morgan fingerprint density at radius 1 is 0.667 bits per heavy atom. The number of hydrogen-bond donors (Lipinski definition) is 0. The third-order valence-corrected chi connectivity index (χ3v) is 2.01. The van der Waals surface area contributed by atoms with Crippen molar-refractivity contribution in [1.29, 1.82) is 0 Å². The van der Waals surface area contributed by atoms with Crippen molar-refractivity contribution in [2.24, 2.45) is 0 Å². The van der Waals surface area contributed by atoms with Gasteiger partial charge in [0.05, 0.1) is 0 Å². The molecule has 5 heteroatoms. The fourth-order valence-corrected chi connectivity index (χ4v) is 1.25. The summed E-state index contributed by atoms with van der Waals surface area (Å²) in [5.74, 6) is -2.00. The summed E-state index contributed by atoms with van der Waals surface area (Å²) >= 11 is 0. The quantitative estimate of drug-likeness (QED) is 0.535. The van der Waals surface area contributed by atoms with E-state index in [9.17, 15) is 19.8 Å². The minimum atomic E-state index is -0.998. The second-order valence-corrected chi connectivity index (χ2v) is 3.37. The molecule has 4 nitrogen and oxygen atoms in total. The van der Waals surface area contributed by atoms with Crippen LogP contribution in [0.25, 0.3) is 0 Å². The summed E-state index contributed by atoms with van der Waals surface area (Å²) in [5, 5.41) is 20.1. The molecule has 0 bridgehead atoms. The molecule has 0 amide bonds. The average molecular weight is 340 g/mol. The molecule has 0 fully saturated rings. The molecule has 0 aromatic heterocycles. The van der Waals surface area contributed by atoms with Gasteiger partial charge in [0.2, 0.25) is 0 Å². The number of hydrogen-bond acceptors (Lipinski definition) is 4. The number of carboxylic acid groups (broad SMARTS) is 2. The molecule has 0 saturated carbocycles. The van der Waals surface area contributed by atoms with Crippen molar-refractivity contribution in [3.05, 3.63) is 0 Å². The number of carbonyl (C=O) groups is 2. The van der Waals surface area contributed by atoms with Gasteiger partial charge in [-0.25, -0.2) is 0 Å². The van der Waals surface area contributed by atoms with Crippen molar-refractivity contribution >= 4 is 11.9 Å². The van der Waals surface area contributed by atoms with Gasteiger partial charge in [-0.3, -0.25) is 0 Å². The number of unbranched alkanes of at least 4 members (excludes halogenated alkanes) is 5. The van der Waals surface area contributed by atoms with Gasteiger partial charge in [0.15, 0.2) is 0 Å². The zero-order valence-corrected chi connectivity index (χ0v) is 11.9. The van der Waals surface area contributed by atoms with Crippen LogP contribution in [0.1, 0.15) is 51.4 Å². The Balaban J connectivity index is 0. The van der Waals surface area contributed by atoms with Gasteiger partial charge in [0, 0.05) is 11.9 Å². The largest absolute Gasteiger partial charge is 3.00 e. The molecule has 0 N–H and O–H groups in total. The number of aliphatic carboxylic acids is 2. The first-order valence-electron chi connectivity index (χ1n) is 5.02. The van der Waals surface area contributed by atoms with Crippen LogP contribution in [0.5, 0.6) is 0 Å². The van der Waals surface area contributed by atoms with Crippen LogP contribution in [0.15, 0.2) is 0 Å². The summed E-state index contributed by atoms with van der Waals surface area (Å²) in [4.78, 5) is 20.1. The number of carbonyl (C=O) groups excluding carboxylic acids is 2. The van der Waals surface area contributed by atoms with E-state index >= 15 is 0 Å². The van der Waals surface area contributed by atoms with Gasteiger partial charge in [-0.1, -0.05) is 25.7 Å². The maximum Gasteiger partial charge on any atom is 3.00 e. The first-order valence-corrected chi connectivity index (χ1v) is 5.02. The minimum absolute atomic E-state index is 0. The summed E-state index contributed by atoms with van der Waals surface area (Å²) in [6.07, 6.45) is 5.23. The van der Waals surface area contributed by atoms with Crippen molar-refractivity contribution in [2.45, 2.75) is 51.4 Å². The van der Waals surface area contributed by atoms with Crippen molar-refractivity contribution in [3.63, 3.8) is 0 Å². The van der Waals surface area contributed by atoms with Crippen molar-refractivity contribution in [2.75, 3.05) is 0 Å². The van der Waals surface area contributed by atoms with E-state index in [4.69, 9.17) is 0 Å². The predicted molar refractivity (Wildman–Crippen MR) is 47.0 cm³/mol. The predicted octanol–water partition coefficient (Wildman–Crippen LogP) is -0.393. The molecule has 0 aliphatic rings. The van der Waals surface area contributed by atoms with Crippen LogP contribution in [-0.2, 0) is 9.59 Å². The summed E-state index contributed by atoms with van der Waals surface area (Å²) < 4.78 is 0. The monoisotopic (exact) mass is 340 g/mol. The molecule has 0 aromatic carbocycles. The van der Waals surface area contributed by atoms with E-state index in [-0.39, 0.29) is 54.6 Å². The Hall–Kier alpha value is 0.317. The molecule has 0 aliphatic carbocycles. The normalized spacial score (nSPS) is 9.33. The standard InChI is InChI=1S/C10H18O4.Ce/c11-9(12)7-5-3-1-2-4-6-8-10(13)14;/h1-8H2,(H,11,12)(H,13,14);/q;+3/p-2. The smallest absolute Gasteiger partial charge is 0.550 e. The first kappa shape index (κ1) is 17.7. The summed E-state index contributed by atoms with van der Waals surface area (Å²) in [6, 6.07) is 0. The average Bonchev–Trinajstić information content (AvgIpc) is 2.08. The summed E-state index contributed by atoms with van der Waals surface area (Å²) in [6.45, 7) is 0. The molecule has 0 aromatic rings. The van der Waals surface area contributed by atoms with Crippen molar-refractivity contribution in [3.8, 4) is 0 Å². The fraction of sp³-hybridized carbons (Fsp3) is 0.800. The van der Waals surface area contributed by atoms with E-state index in [2.05, 4.69) is 0 Å². The Labute approximate surface area is 124 Å². The molecule has 0 heterocycles. The molecular weight excluding hydrogens is 324 g/mol. The van der Waals surface area contributed by atoms with Crippen LogP contribution in [0, 0.1) is 41.7 Å². The molecule has 0 rings (SSSR count). The second kappa shape index (κ2) is 12.4. The van der Waals surface area contributed by atoms with Crippen LogP contribution in [0.3, 0.4) is 0 Å². The Bertz CT molecular complexity index is 162. The Kier molecular flexibility index (Phi) is 14.6. The third kappa shape index (κ3) is 17.0. The summed E-state index contributed by atoms with van der Waals surface area (Å²) in [5.41, 5.74) is 0. The van der Waals surface area contributed by atoms with Gasteiger partial charge in [-0.2, -0.15) is 0 Å². The van der Waals surface area contributed by atoms with Crippen LogP contribution in [0.2, 0.25) is 0 Å². The molecule has 15 heavy (non-hydrogen) atoms. The van der Waals surface area contributed by atoms with Gasteiger partial charge in [-0.05, 0) is 25.7 Å². The van der Waals surface area contributed by atoms with E-state index in [0.717, 1.165) is 25.7 Å². The van der Waals surface area contributed by atoms with Gasteiger partial charge in [-0.15, -0.1) is 0 Å². The van der Waals surface area contributed by atoms with Crippen LogP contribution >= 0.6 is 0 Å². The van der Waals surface area contributed by atoms with Gasteiger partial charge >= 0.3 is 41.7 Å². The van der Waals surface area contributed by atoms with E-state index in [0.29, 0.717) is 12.8 Å². The zero-order chi connectivity index (χ0) is 10.8. The fourth-order valence-electron chi connectivity index (χ4n) is 1.25. The van der Waals surface area contributed by atoms with E-state index in [1.807, 2.05) is 0 Å². The van der Waals surface area contributed by atoms with E-state index in [1.54, 1.807) is 0 Å². The van der Waals surface area contributed by atoms with Gasteiger partial charge in [0.1, 0.15) is 0 Å². The summed E-state index contributed by atoms with van der Waals surface area (Å²) in [7, 11) is 0. The molecule has 0 atom stereocenters. The van der Waals surface area contributed by atoms with Crippen LogP contribution in [-0.4, -0.2) is 11.9 Å². The van der Waals surface area contributed by atoms with Gasteiger partial charge < -0.3 is 19.8 Å². The second-order valence-electron chi connectivity index (χ2n) is 3.37. The molecule has 0 saturated heterocycles. The maximum atomic E-state index is 10.0. The maximum absolute atomic E-state index is 10.0. The molecule has 0 aliphatic heterocycles. The zero-order valence-electron chi connectivity index (χ0n) is 8.79.